The summed E-state index contributed by atoms with van der Waals surface area (Å²) < 4.78 is 0. The molecular weight excluding hydrogens is 1010 g/mol. The lowest BCUT2D eigenvalue weighted by Crippen LogP contribution is -2.65. The molecule has 1 heterocycles. The van der Waals surface area contributed by atoms with Gasteiger partial charge in [-0.05, 0) is 119 Å². The molecule has 0 aliphatic carbocycles. The molecule has 0 aromatic rings. The number of hydrogen-bond acceptors (Lipinski definition) is 12. The van der Waals surface area contributed by atoms with E-state index in [4.69, 9.17) is 0 Å². The molecular formula is C57H105N11O11. The molecule has 454 valence electrons. The van der Waals surface area contributed by atoms with Crippen LogP contribution in [0.25, 0.3) is 0 Å². The summed E-state index contributed by atoms with van der Waals surface area (Å²) in [4.78, 5) is 140. The first-order chi connectivity index (χ1) is 36.7. The fraction of sp³-hybridized carbons (Fsp3) is 0.825. The molecule has 22 nitrogen and oxygen atoms in total. The van der Waals surface area contributed by atoms with Crippen LogP contribution in [0.5, 0.6) is 0 Å². The maximum Gasteiger partial charge on any atom is 0.246 e. The highest BCUT2D eigenvalue weighted by molar-refractivity contribution is 6.00. The zero-order valence-electron chi connectivity index (χ0n) is 51.1. The molecule has 1 rings (SSSR count). The Kier molecular flexibility index (Phi) is 31.5. The van der Waals surface area contributed by atoms with Gasteiger partial charge in [0.15, 0.2) is 0 Å². The lowest BCUT2D eigenvalue weighted by Gasteiger charge is -2.33. The van der Waals surface area contributed by atoms with Gasteiger partial charge in [-0.25, -0.2) is 0 Å². The highest BCUT2D eigenvalue weighted by atomic mass is 16.3. The third-order valence-corrected chi connectivity index (χ3v) is 14.1. The maximum atomic E-state index is 14.1. The van der Waals surface area contributed by atoms with E-state index in [1.54, 1.807) is 4.90 Å². The summed E-state index contributed by atoms with van der Waals surface area (Å²) in [7, 11) is 3.79. The van der Waals surface area contributed by atoms with E-state index in [0.717, 1.165) is 38.5 Å². The van der Waals surface area contributed by atoms with Crippen LogP contribution in [-0.2, 0) is 47.9 Å². The summed E-state index contributed by atoms with van der Waals surface area (Å²) in [5.74, 6) is -5.79. The number of hydrogen-bond donors (Lipinski definition) is 10. The largest absolute Gasteiger partial charge is 0.394 e. The quantitative estimate of drug-likeness (QED) is 0.0402. The second kappa shape index (κ2) is 34.7. The molecule has 10 amide bonds. The smallest absolute Gasteiger partial charge is 0.246 e. The maximum absolute atomic E-state index is 14.1. The minimum atomic E-state index is -1.72. The van der Waals surface area contributed by atoms with Crippen molar-refractivity contribution in [1.82, 2.24) is 57.7 Å². The van der Waals surface area contributed by atoms with Crippen molar-refractivity contribution in [2.45, 2.75) is 246 Å². The van der Waals surface area contributed by atoms with Gasteiger partial charge < -0.3 is 62.8 Å². The van der Waals surface area contributed by atoms with Crippen LogP contribution in [0, 0.1) is 17.8 Å². The van der Waals surface area contributed by atoms with Crippen LogP contribution in [0.4, 0.5) is 0 Å². The first kappa shape index (κ1) is 71.6. The van der Waals surface area contributed by atoms with Gasteiger partial charge in [-0.2, -0.15) is 0 Å². The van der Waals surface area contributed by atoms with E-state index in [-0.39, 0.29) is 61.9 Å². The molecule has 22 heteroatoms. The first-order valence-corrected chi connectivity index (χ1v) is 29.0. The molecule has 0 spiro atoms. The van der Waals surface area contributed by atoms with Crippen molar-refractivity contribution >= 4 is 59.1 Å². The summed E-state index contributed by atoms with van der Waals surface area (Å²) >= 11 is 0. The molecule has 1 fully saturated rings. The molecule has 1 aliphatic rings. The van der Waals surface area contributed by atoms with Crippen molar-refractivity contribution < 1.29 is 53.1 Å². The summed E-state index contributed by atoms with van der Waals surface area (Å²) in [6.45, 7) is 24.4. The fourth-order valence-electron chi connectivity index (χ4n) is 9.06. The predicted molar refractivity (Wildman–Crippen MR) is 306 cm³/mol. The van der Waals surface area contributed by atoms with Gasteiger partial charge in [-0.1, -0.05) is 93.4 Å². The van der Waals surface area contributed by atoms with Crippen molar-refractivity contribution in [3.63, 3.8) is 0 Å². The van der Waals surface area contributed by atoms with Gasteiger partial charge in [0, 0.05) is 38.5 Å². The highest BCUT2D eigenvalue weighted by Gasteiger charge is 2.41. The Bertz CT molecular complexity index is 2010. The number of amides is 10. The number of aliphatic hydroxyl groups excluding tert-OH is 1. The van der Waals surface area contributed by atoms with Gasteiger partial charge in [0.05, 0.1) is 6.61 Å². The number of nitrogens with one attached hydrogen (secondary N) is 9. The van der Waals surface area contributed by atoms with E-state index in [9.17, 15) is 53.1 Å². The van der Waals surface area contributed by atoms with Crippen molar-refractivity contribution in [2.75, 3.05) is 40.3 Å². The van der Waals surface area contributed by atoms with Gasteiger partial charge in [0.25, 0.3) is 0 Å². The van der Waals surface area contributed by atoms with Gasteiger partial charge in [0.1, 0.15) is 46.8 Å². The third-order valence-electron chi connectivity index (χ3n) is 14.1. The molecule has 79 heavy (non-hydrogen) atoms. The molecule has 1 aliphatic heterocycles. The molecule has 0 bridgehead atoms. The zero-order valence-corrected chi connectivity index (χ0v) is 51.1. The minimum absolute atomic E-state index is 0.0234. The van der Waals surface area contributed by atoms with E-state index in [1.807, 2.05) is 53.6 Å². The number of likely N-dealkylation sites (N-methyl/N-ethyl adjacent to an activating group) is 1. The van der Waals surface area contributed by atoms with Crippen molar-refractivity contribution in [1.29, 1.82) is 0 Å². The molecule has 0 radical (unpaired) electrons. The van der Waals surface area contributed by atoms with Gasteiger partial charge in [0.2, 0.25) is 59.1 Å². The Hall–Kier alpha value is -5.38. The lowest BCUT2D eigenvalue weighted by atomic mass is 9.96. The third kappa shape index (κ3) is 26.6. The van der Waals surface area contributed by atoms with Crippen LogP contribution in [0.2, 0.25) is 0 Å². The number of carbonyl (C=O) groups is 10. The van der Waals surface area contributed by atoms with Crippen molar-refractivity contribution in [2.24, 2.45) is 17.8 Å². The number of rotatable bonds is 37. The minimum Gasteiger partial charge on any atom is -0.394 e. The Balaban J connectivity index is 3.17. The molecule has 1 unspecified atom stereocenters. The van der Waals surface area contributed by atoms with Gasteiger partial charge in [-0.3, -0.25) is 47.9 Å². The van der Waals surface area contributed by atoms with E-state index >= 15 is 0 Å². The molecule has 10 N–H and O–H groups in total. The van der Waals surface area contributed by atoms with E-state index in [0.29, 0.717) is 51.1 Å². The van der Waals surface area contributed by atoms with Gasteiger partial charge in [-0.15, -0.1) is 0 Å². The Morgan fingerprint density at radius 1 is 0.582 bits per heavy atom. The Labute approximate surface area is 472 Å². The van der Waals surface area contributed by atoms with Crippen LogP contribution >= 0.6 is 0 Å². The number of unbranched alkanes of at least 4 members (excludes halogenated alkanes) is 5. The molecule has 0 aromatic heterocycles. The normalized spacial score (nSPS) is 16.2. The topological polar surface area (TPSA) is 306 Å². The average Bonchev–Trinajstić information content (AvgIpc) is 3.84. The van der Waals surface area contributed by atoms with Crippen molar-refractivity contribution in [3.05, 3.63) is 0 Å². The SMILES string of the molecule is CCCCCCCC[C@H](NC(=O)[C@@H]1CCCN1C(=O)CC[C@@H](C)CC)C(=O)NC(CO)C(=O)NC(C)(C)C(=O)N[C@@H](CC(C)C)C(=O)N[C@@H](CC(C)C)C(=O)NC(C)(C)C(=O)NC(C)(C)C(=O)NCCC(=O)N[C@@H](C)CN(C)C. The van der Waals surface area contributed by atoms with Crippen LogP contribution < -0.4 is 47.9 Å². The standard InChI is InChI=1S/C57H105N11O11/c1-17-19-20-21-22-23-25-40(60-51(76)44-26-24-31-68(44)46(71)28-27-38(7)18-2)47(72)62-43(35-69)50(75)65-56(11,12)53(78)63-41(32-36(3)4)48(73)61-42(33-37(5)6)49(74)64-57(13,14)54(79)66-55(9,10)52(77)58-30-29-45(70)59-39(8)34-67(15)16/h36-44,69H,17-35H2,1-16H3,(H,58,77)(H,59,70)(H,60,76)(H,61,73)(H,62,72)(H,63,78)(H,64,74)(H,65,75)(H,66,79)/t38-,39-,40-,41-,42-,43?,44-/m0/s1. The number of nitrogens with zero attached hydrogens (tertiary/aromatic N) is 2. The van der Waals surface area contributed by atoms with Gasteiger partial charge >= 0.3 is 0 Å². The van der Waals surface area contributed by atoms with E-state index in [2.05, 4.69) is 68.6 Å². The summed E-state index contributed by atoms with van der Waals surface area (Å²) in [5.41, 5.74) is -4.77. The van der Waals surface area contributed by atoms with Crippen LogP contribution in [-0.4, -0.2) is 167 Å². The lowest BCUT2D eigenvalue weighted by molar-refractivity contribution is -0.140. The second-order valence-corrected chi connectivity index (χ2v) is 24.5. The Morgan fingerprint density at radius 3 is 1.66 bits per heavy atom. The molecule has 0 saturated carbocycles. The van der Waals surface area contributed by atoms with Crippen LogP contribution in [0.3, 0.4) is 0 Å². The second-order valence-electron chi connectivity index (χ2n) is 24.5. The Morgan fingerprint density at radius 2 is 1.10 bits per heavy atom. The first-order valence-electron chi connectivity index (χ1n) is 29.0. The average molecular weight is 1120 g/mol. The predicted octanol–water partition coefficient (Wildman–Crippen LogP) is 2.84. The fourth-order valence-corrected chi connectivity index (χ4v) is 9.06. The molecule has 1 saturated heterocycles. The van der Waals surface area contributed by atoms with Crippen LogP contribution in [0.15, 0.2) is 0 Å². The van der Waals surface area contributed by atoms with E-state index in [1.165, 1.54) is 41.5 Å². The number of likely N-dealkylation sites (tertiary alicyclic amines) is 1. The summed E-state index contributed by atoms with van der Waals surface area (Å²) in [5, 5.41) is 34.8. The summed E-state index contributed by atoms with van der Waals surface area (Å²) in [6, 6.07) is -5.85. The number of aliphatic hydroxyl groups is 1. The number of carbonyl (C=O) groups excluding carboxylic acids is 10. The highest BCUT2D eigenvalue weighted by Crippen LogP contribution is 2.22. The van der Waals surface area contributed by atoms with E-state index < -0.39 is 101 Å². The zero-order chi connectivity index (χ0) is 60.4. The molecule has 0 aromatic carbocycles. The molecule has 7 atom stereocenters. The van der Waals surface area contributed by atoms with Crippen LogP contribution in [0.1, 0.15) is 193 Å². The van der Waals surface area contributed by atoms with Crippen molar-refractivity contribution in [3.8, 4) is 0 Å². The summed E-state index contributed by atoms with van der Waals surface area (Å²) in [6.07, 6.45) is 9.08. The monoisotopic (exact) mass is 1120 g/mol.